The van der Waals surface area contributed by atoms with Gasteiger partial charge in [-0.15, -0.1) is 23.2 Å². The highest BCUT2D eigenvalue weighted by molar-refractivity contribution is 7.80. The molecule has 4 heteroatoms. The number of aliphatic hydroxyl groups is 1. The van der Waals surface area contributed by atoms with Crippen LogP contribution in [-0.2, 0) is 0 Å². The summed E-state index contributed by atoms with van der Waals surface area (Å²) in [4.78, 5) is 0. The first-order valence-electron chi connectivity index (χ1n) is 1.67. The Labute approximate surface area is 59.0 Å². The molecule has 0 atom stereocenters. The highest BCUT2D eigenvalue weighted by Gasteiger charge is 1.57. The zero-order chi connectivity index (χ0) is 6.12. The number of halogens is 2. The lowest BCUT2D eigenvalue weighted by molar-refractivity contribution is 0.323. The molecule has 46 valence electrons. The van der Waals surface area contributed by atoms with Gasteiger partial charge in [0.05, 0.1) is 11.9 Å². The van der Waals surface area contributed by atoms with Crippen molar-refractivity contribution in [3.05, 3.63) is 0 Å². The van der Waals surface area contributed by atoms with Crippen molar-refractivity contribution in [2.24, 2.45) is 0 Å². The number of hydrogen-bond acceptors (Lipinski definition) is 2. The molecule has 1 nitrogen and oxygen atoms in total. The van der Waals surface area contributed by atoms with Gasteiger partial charge in [-0.05, 0) is 0 Å². The first-order chi connectivity index (χ1) is 3.33. The fraction of sp³-hybridized carbons (Fsp3) is 1.00. The Morgan fingerprint density at radius 3 is 1.57 bits per heavy atom. The SMILES string of the molecule is ClCCl.OCCS. The zero-order valence-corrected chi connectivity index (χ0v) is 6.18. The van der Waals surface area contributed by atoms with Crippen LogP contribution in [0.25, 0.3) is 0 Å². The Morgan fingerprint density at radius 2 is 1.57 bits per heavy atom. The molecule has 1 N–H and O–H groups in total. The second-order valence-electron chi connectivity index (χ2n) is 0.548. The topological polar surface area (TPSA) is 20.2 Å². The van der Waals surface area contributed by atoms with Crippen LogP contribution in [-0.4, -0.2) is 22.8 Å². The third-order valence-electron chi connectivity index (χ3n) is 0.1000. The van der Waals surface area contributed by atoms with Crippen molar-refractivity contribution in [2.45, 2.75) is 0 Å². The van der Waals surface area contributed by atoms with Crippen molar-refractivity contribution in [3.63, 3.8) is 0 Å². The van der Waals surface area contributed by atoms with Crippen molar-refractivity contribution in [1.29, 1.82) is 0 Å². The summed E-state index contributed by atoms with van der Waals surface area (Å²) < 4.78 is 0. The molecule has 0 aromatic heterocycles. The van der Waals surface area contributed by atoms with Gasteiger partial charge in [0.25, 0.3) is 0 Å². The molecule has 0 spiro atoms. The van der Waals surface area contributed by atoms with E-state index in [1.165, 1.54) is 0 Å². The monoisotopic (exact) mass is 162 g/mol. The van der Waals surface area contributed by atoms with Gasteiger partial charge in [0.1, 0.15) is 0 Å². The maximum absolute atomic E-state index is 7.80. The van der Waals surface area contributed by atoms with E-state index < -0.39 is 0 Å². The van der Waals surface area contributed by atoms with E-state index in [1.807, 2.05) is 0 Å². The Kier molecular flexibility index (Phi) is 24.4. The lowest BCUT2D eigenvalue weighted by Crippen LogP contribution is -1.76. The van der Waals surface area contributed by atoms with Gasteiger partial charge in [0.2, 0.25) is 0 Å². The van der Waals surface area contributed by atoms with Gasteiger partial charge < -0.3 is 5.11 Å². The first kappa shape index (κ1) is 10.8. The minimum absolute atomic E-state index is 0.184. The summed E-state index contributed by atoms with van der Waals surface area (Å²) in [5, 5.41) is 7.99. The predicted molar refractivity (Wildman–Crippen MR) is 37.5 cm³/mol. The Bertz CT molecular complexity index is 20.4. The second kappa shape index (κ2) is 15.8. The molecular formula is C3H8Cl2OS. The highest BCUT2D eigenvalue weighted by atomic mass is 35.5. The average molecular weight is 163 g/mol. The number of aliphatic hydroxyl groups excluding tert-OH is 1. The van der Waals surface area contributed by atoms with E-state index in [0.717, 1.165) is 0 Å². The van der Waals surface area contributed by atoms with E-state index in [9.17, 15) is 0 Å². The van der Waals surface area contributed by atoms with Crippen molar-refractivity contribution < 1.29 is 5.11 Å². The molecule has 0 radical (unpaired) electrons. The first-order valence-corrected chi connectivity index (χ1v) is 3.37. The molecule has 0 amide bonds. The summed E-state index contributed by atoms with van der Waals surface area (Å²) in [7, 11) is 0. The van der Waals surface area contributed by atoms with Crippen LogP contribution in [0.2, 0.25) is 0 Å². The summed E-state index contributed by atoms with van der Waals surface area (Å²) >= 11 is 13.2. The van der Waals surface area contributed by atoms with Gasteiger partial charge in [0.15, 0.2) is 0 Å². The summed E-state index contributed by atoms with van der Waals surface area (Å²) in [6.07, 6.45) is 0. The molecule has 0 heterocycles. The lowest BCUT2D eigenvalue weighted by Gasteiger charge is -1.69. The molecule has 0 aliphatic heterocycles. The molecule has 0 aromatic carbocycles. The van der Waals surface area contributed by atoms with Gasteiger partial charge in [0, 0.05) is 5.75 Å². The summed E-state index contributed by atoms with van der Waals surface area (Å²) in [6, 6.07) is 0. The van der Waals surface area contributed by atoms with Crippen molar-refractivity contribution in [3.8, 4) is 0 Å². The highest BCUT2D eigenvalue weighted by Crippen LogP contribution is 1.73. The van der Waals surface area contributed by atoms with Crippen LogP contribution in [0.4, 0.5) is 0 Å². The van der Waals surface area contributed by atoms with E-state index in [2.05, 4.69) is 12.6 Å². The maximum Gasteiger partial charge on any atom is 0.0967 e. The van der Waals surface area contributed by atoms with Crippen LogP contribution in [0.3, 0.4) is 0 Å². The molecule has 0 saturated carbocycles. The molecule has 0 rings (SSSR count). The largest absolute Gasteiger partial charge is 0.396 e. The molecule has 0 aliphatic carbocycles. The van der Waals surface area contributed by atoms with Crippen LogP contribution in [0.5, 0.6) is 0 Å². The van der Waals surface area contributed by atoms with Crippen LogP contribution < -0.4 is 0 Å². The third-order valence-corrected chi connectivity index (χ3v) is 0.300. The molecule has 0 fully saturated rings. The summed E-state index contributed by atoms with van der Waals surface area (Å²) in [6.45, 7) is 0.184. The van der Waals surface area contributed by atoms with Gasteiger partial charge in [-0.3, -0.25) is 0 Å². The Morgan fingerprint density at radius 1 is 1.43 bits per heavy atom. The Hall–Kier alpha value is 0.890. The maximum atomic E-state index is 7.80. The normalized spacial score (nSPS) is 6.86. The van der Waals surface area contributed by atoms with Crippen molar-refractivity contribution >= 4 is 35.8 Å². The minimum Gasteiger partial charge on any atom is -0.396 e. The zero-order valence-electron chi connectivity index (χ0n) is 3.77. The summed E-state index contributed by atoms with van der Waals surface area (Å²) in [5.74, 6) is 0.569. The molecular weight excluding hydrogens is 155 g/mol. The van der Waals surface area contributed by atoms with Crippen molar-refractivity contribution in [2.75, 3.05) is 17.7 Å². The number of hydrogen-bond donors (Lipinski definition) is 2. The van der Waals surface area contributed by atoms with E-state index in [-0.39, 0.29) is 11.9 Å². The molecule has 0 aromatic rings. The van der Waals surface area contributed by atoms with E-state index in [0.29, 0.717) is 5.75 Å². The van der Waals surface area contributed by atoms with Crippen LogP contribution in [0.15, 0.2) is 0 Å². The quantitative estimate of drug-likeness (QED) is 0.441. The molecule has 0 saturated heterocycles. The number of thiol groups is 1. The molecule has 7 heavy (non-hydrogen) atoms. The third kappa shape index (κ3) is 46.1. The van der Waals surface area contributed by atoms with Crippen LogP contribution >= 0.6 is 35.8 Å². The van der Waals surface area contributed by atoms with E-state index in [1.54, 1.807) is 0 Å². The predicted octanol–water partition coefficient (Wildman–Crippen LogP) is 1.33. The van der Waals surface area contributed by atoms with Gasteiger partial charge in [-0.25, -0.2) is 0 Å². The van der Waals surface area contributed by atoms with Gasteiger partial charge in [-0.1, -0.05) is 0 Å². The van der Waals surface area contributed by atoms with Gasteiger partial charge in [-0.2, -0.15) is 12.6 Å². The lowest BCUT2D eigenvalue weighted by atomic mass is 10.9. The minimum atomic E-state index is 0.184. The van der Waals surface area contributed by atoms with Crippen molar-refractivity contribution in [1.82, 2.24) is 0 Å². The van der Waals surface area contributed by atoms with Crippen LogP contribution in [0, 0.1) is 0 Å². The fourth-order valence-corrected chi connectivity index (χ4v) is 0. The molecule has 0 unspecified atom stereocenters. The van der Waals surface area contributed by atoms with Gasteiger partial charge >= 0.3 is 0 Å². The average Bonchev–Trinajstić information content (AvgIpc) is 1.69. The fourth-order valence-electron chi connectivity index (χ4n) is 0. The van der Waals surface area contributed by atoms with Crippen LogP contribution in [0.1, 0.15) is 0 Å². The van der Waals surface area contributed by atoms with E-state index >= 15 is 0 Å². The van der Waals surface area contributed by atoms with E-state index in [4.69, 9.17) is 28.3 Å². The second-order valence-corrected chi connectivity index (χ2v) is 1.80. The number of rotatable bonds is 1. The molecule has 0 bridgehead atoms. The summed E-state index contributed by atoms with van der Waals surface area (Å²) in [5.41, 5.74) is 0. The standard InChI is InChI=1S/C2H6OS.CH2Cl2/c3-1-2-4;2-1-3/h3-4H,1-2H2;1H2. The Balaban J connectivity index is 0. The number of alkyl halides is 2. The smallest absolute Gasteiger partial charge is 0.0967 e. The molecule has 0 aliphatic rings.